The predicted molar refractivity (Wildman–Crippen MR) is 96.8 cm³/mol. The van der Waals surface area contributed by atoms with E-state index in [4.69, 9.17) is 4.42 Å². The summed E-state index contributed by atoms with van der Waals surface area (Å²) in [4.78, 5) is 22.7. The molecule has 128 valence electrons. The number of benzene rings is 1. The highest BCUT2D eigenvalue weighted by molar-refractivity contribution is 7.98. The molecule has 0 bridgehead atoms. The Bertz CT molecular complexity index is 708. The lowest BCUT2D eigenvalue weighted by atomic mass is 10.0. The summed E-state index contributed by atoms with van der Waals surface area (Å²) in [5, 5.41) is 0. The average molecular weight is 345 g/mol. The third kappa shape index (κ3) is 3.49. The van der Waals surface area contributed by atoms with Crippen LogP contribution in [0.25, 0.3) is 0 Å². The van der Waals surface area contributed by atoms with Gasteiger partial charge in [-0.1, -0.05) is 6.07 Å². The van der Waals surface area contributed by atoms with E-state index in [1.807, 2.05) is 23.3 Å². The quantitative estimate of drug-likeness (QED) is 0.795. The van der Waals surface area contributed by atoms with Crippen molar-refractivity contribution in [1.82, 2.24) is 9.88 Å². The van der Waals surface area contributed by atoms with Gasteiger partial charge in [0.2, 0.25) is 0 Å². The summed E-state index contributed by atoms with van der Waals surface area (Å²) in [5.41, 5.74) is 1.34. The minimum absolute atomic E-state index is 0.0749. The number of piperidine rings is 1. The van der Waals surface area contributed by atoms with Gasteiger partial charge in [0.05, 0.1) is 0 Å². The molecule has 0 aliphatic carbocycles. The van der Waals surface area contributed by atoms with Gasteiger partial charge < -0.3 is 14.2 Å². The van der Waals surface area contributed by atoms with Gasteiger partial charge in [-0.05, 0) is 64.4 Å². The number of hydrogen-bond acceptors (Lipinski definition) is 5. The fraction of sp³-hybridized carbons (Fsp3) is 0.444. The first-order valence-corrected chi connectivity index (χ1v) is 9.39. The Balaban J connectivity index is 1.97. The Morgan fingerprint density at radius 2 is 2.12 bits per heavy atom. The van der Waals surface area contributed by atoms with Gasteiger partial charge in [-0.25, -0.2) is 4.98 Å². The van der Waals surface area contributed by atoms with Crippen LogP contribution < -0.4 is 4.90 Å². The van der Waals surface area contributed by atoms with Crippen LogP contribution in [0.3, 0.4) is 0 Å². The molecule has 0 N–H and O–H groups in total. The second-order valence-electron chi connectivity index (χ2n) is 6.17. The van der Waals surface area contributed by atoms with Crippen LogP contribution in [0, 0.1) is 6.92 Å². The molecule has 2 heterocycles. The number of aryl methyl sites for hydroxylation is 1. The van der Waals surface area contributed by atoms with E-state index in [0.29, 0.717) is 11.5 Å². The molecule has 1 aromatic heterocycles. The zero-order valence-corrected chi connectivity index (χ0v) is 15.2. The van der Waals surface area contributed by atoms with Crippen LogP contribution in [-0.2, 0) is 0 Å². The summed E-state index contributed by atoms with van der Waals surface area (Å²) in [6.07, 6.45) is 5.31. The number of thioether (sulfide) groups is 1. The van der Waals surface area contributed by atoms with Crippen LogP contribution in [0.1, 0.15) is 29.1 Å². The van der Waals surface area contributed by atoms with Crippen molar-refractivity contribution in [2.24, 2.45) is 0 Å². The lowest BCUT2D eigenvalue weighted by Crippen LogP contribution is -2.47. The molecule has 5 nitrogen and oxygen atoms in total. The summed E-state index contributed by atoms with van der Waals surface area (Å²) in [7, 11) is 2.12. The van der Waals surface area contributed by atoms with Gasteiger partial charge >= 0.3 is 0 Å². The zero-order valence-electron chi connectivity index (χ0n) is 14.4. The van der Waals surface area contributed by atoms with Crippen LogP contribution >= 0.6 is 11.8 Å². The molecule has 1 aliphatic heterocycles. The van der Waals surface area contributed by atoms with Crippen LogP contribution in [0.15, 0.2) is 40.0 Å². The Labute approximate surface area is 147 Å². The minimum Gasteiger partial charge on any atom is -0.448 e. The van der Waals surface area contributed by atoms with Gasteiger partial charge in [0.15, 0.2) is 12.1 Å². The Morgan fingerprint density at radius 3 is 2.75 bits per heavy atom. The van der Waals surface area contributed by atoms with E-state index in [1.54, 1.807) is 18.7 Å². The highest BCUT2D eigenvalue weighted by Crippen LogP contribution is 2.29. The van der Waals surface area contributed by atoms with Crippen LogP contribution in [0.4, 0.5) is 5.69 Å². The van der Waals surface area contributed by atoms with Crippen LogP contribution in [0.2, 0.25) is 0 Å². The highest BCUT2D eigenvalue weighted by atomic mass is 32.2. The van der Waals surface area contributed by atoms with Crippen molar-refractivity contribution >= 4 is 23.4 Å². The molecule has 3 rings (SSSR count). The second kappa shape index (κ2) is 7.40. The number of carbonyl (C=O) groups is 1. The van der Waals surface area contributed by atoms with E-state index in [0.717, 1.165) is 36.5 Å². The lowest BCUT2D eigenvalue weighted by molar-refractivity contribution is 0.0958. The molecule has 1 amide bonds. The number of oxazole rings is 1. The topological polar surface area (TPSA) is 49.6 Å². The third-order valence-electron chi connectivity index (χ3n) is 4.55. The molecule has 6 heteroatoms. The molecule has 0 atom stereocenters. The van der Waals surface area contributed by atoms with Crippen molar-refractivity contribution in [2.45, 2.75) is 30.7 Å². The molecule has 2 aromatic rings. The van der Waals surface area contributed by atoms with Crippen molar-refractivity contribution in [3.63, 3.8) is 0 Å². The molecule has 0 radical (unpaired) electrons. The number of aromatic nitrogens is 1. The van der Waals surface area contributed by atoms with Crippen molar-refractivity contribution < 1.29 is 9.21 Å². The van der Waals surface area contributed by atoms with E-state index in [2.05, 4.69) is 29.1 Å². The standard InChI is InChI=1S/C18H23N3O2S/c1-13-17(19-12-23-13)18(22)21(14-7-9-20(2)10-8-14)15-5-4-6-16(11-15)24-3/h4-6,11-12,14H,7-10H2,1-3H3. The molecular formula is C18H23N3O2S. The third-order valence-corrected chi connectivity index (χ3v) is 5.28. The van der Waals surface area contributed by atoms with Gasteiger partial charge in [-0.3, -0.25) is 4.79 Å². The summed E-state index contributed by atoms with van der Waals surface area (Å²) >= 11 is 1.68. The fourth-order valence-electron chi connectivity index (χ4n) is 3.13. The number of nitrogens with zero attached hydrogens (tertiary/aromatic N) is 3. The summed E-state index contributed by atoms with van der Waals surface area (Å²) in [6, 6.07) is 8.34. The maximum atomic E-state index is 13.2. The molecule has 1 saturated heterocycles. The van der Waals surface area contributed by atoms with Crippen molar-refractivity contribution in [3.8, 4) is 0 Å². The lowest BCUT2D eigenvalue weighted by Gasteiger charge is -2.37. The summed E-state index contributed by atoms with van der Waals surface area (Å²) < 4.78 is 5.25. The summed E-state index contributed by atoms with van der Waals surface area (Å²) in [5.74, 6) is 0.494. The van der Waals surface area contributed by atoms with E-state index in [9.17, 15) is 4.79 Å². The first-order valence-electron chi connectivity index (χ1n) is 8.16. The molecule has 24 heavy (non-hydrogen) atoms. The summed E-state index contributed by atoms with van der Waals surface area (Å²) in [6.45, 7) is 3.77. The Kier molecular flexibility index (Phi) is 5.26. The molecule has 0 spiro atoms. The predicted octanol–water partition coefficient (Wildman–Crippen LogP) is 3.45. The van der Waals surface area contributed by atoms with Gasteiger partial charge in [0, 0.05) is 16.6 Å². The van der Waals surface area contributed by atoms with E-state index >= 15 is 0 Å². The first kappa shape index (κ1) is 17.0. The Hall–Kier alpha value is -1.79. The van der Waals surface area contributed by atoms with Crippen molar-refractivity contribution in [2.75, 3.05) is 31.3 Å². The van der Waals surface area contributed by atoms with Crippen molar-refractivity contribution in [1.29, 1.82) is 0 Å². The smallest absolute Gasteiger partial charge is 0.280 e. The van der Waals surface area contributed by atoms with E-state index in [-0.39, 0.29) is 11.9 Å². The van der Waals surface area contributed by atoms with Gasteiger partial charge in [0.1, 0.15) is 5.76 Å². The van der Waals surface area contributed by atoms with E-state index in [1.165, 1.54) is 6.39 Å². The number of carbonyl (C=O) groups excluding carboxylic acids is 1. The fourth-order valence-corrected chi connectivity index (χ4v) is 3.59. The number of likely N-dealkylation sites (tertiary alicyclic amines) is 1. The zero-order chi connectivity index (χ0) is 17.1. The van der Waals surface area contributed by atoms with Crippen molar-refractivity contribution in [3.05, 3.63) is 42.1 Å². The van der Waals surface area contributed by atoms with Gasteiger partial charge in [-0.15, -0.1) is 11.8 Å². The van der Waals surface area contributed by atoms with Gasteiger partial charge in [0.25, 0.3) is 5.91 Å². The molecule has 0 saturated carbocycles. The maximum absolute atomic E-state index is 13.2. The SMILES string of the molecule is CSc1cccc(N(C(=O)c2ncoc2C)C2CCN(C)CC2)c1. The number of hydrogen-bond donors (Lipinski definition) is 0. The number of anilines is 1. The second-order valence-corrected chi connectivity index (χ2v) is 7.05. The van der Waals surface area contributed by atoms with Gasteiger partial charge in [-0.2, -0.15) is 0 Å². The number of amides is 1. The molecular weight excluding hydrogens is 322 g/mol. The molecule has 1 aliphatic rings. The largest absolute Gasteiger partial charge is 0.448 e. The molecule has 1 aromatic carbocycles. The normalized spacial score (nSPS) is 16.3. The highest BCUT2D eigenvalue weighted by Gasteiger charge is 2.31. The molecule has 1 fully saturated rings. The van der Waals surface area contributed by atoms with E-state index < -0.39 is 0 Å². The van der Waals surface area contributed by atoms with Crippen LogP contribution in [-0.4, -0.2) is 48.2 Å². The Morgan fingerprint density at radius 1 is 1.38 bits per heavy atom. The first-order chi connectivity index (χ1) is 11.6. The molecule has 0 unspecified atom stereocenters. The maximum Gasteiger partial charge on any atom is 0.280 e. The average Bonchev–Trinajstić information content (AvgIpc) is 3.03. The number of rotatable bonds is 4. The van der Waals surface area contributed by atoms with Crippen LogP contribution in [0.5, 0.6) is 0 Å². The minimum atomic E-state index is -0.0749. The monoisotopic (exact) mass is 345 g/mol.